The topological polar surface area (TPSA) is 77.8 Å². The Kier molecular flexibility index (Phi) is 2.51. The molecular weight excluding hydrogens is 180 g/mol. The van der Waals surface area contributed by atoms with Crippen LogP contribution in [0.1, 0.15) is 17.3 Å². The van der Waals surface area contributed by atoms with Gasteiger partial charge < -0.3 is 10.3 Å². The van der Waals surface area contributed by atoms with Crippen LogP contribution in [0.25, 0.3) is 0 Å². The molecule has 5 nitrogen and oxygen atoms in total. The van der Waals surface area contributed by atoms with Crippen LogP contribution in [-0.4, -0.2) is 15.1 Å². The molecule has 0 unspecified atom stereocenters. The number of nitrogens with two attached hydrogens (primary N) is 1. The first kappa shape index (κ1) is 8.83. The van der Waals surface area contributed by atoms with Gasteiger partial charge in [-0.3, -0.25) is 4.98 Å². The highest BCUT2D eigenvalue weighted by Crippen LogP contribution is 2.05. The summed E-state index contributed by atoms with van der Waals surface area (Å²) < 4.78 is 4.99. The standard InChI is InChI=1S/C9H10N4O/c10-5-8-12-9(14-13-8)4-7-2-1-3-11-6-7/h1-3,6H,4-5,10H2. The van der Waals surface area contributed by atoms with Gasteiger partial charge in [0.15, 0.2) is 5.82 Å². The van der Waals surface area contributed by atoms with Crippen LogP contribution < -0.4 is 5.73 Å². The molecule has 72 valence electrons. The molecule has 0 bridgehead atoms. The smallest absolute Gasteiger partial charge is 0.231 e. The molecule has 2 aromatic heterocycles. The van der Waals surface area contributed by atoms with Gasteiger partial charge in [-0.05, 0) is 11.6 Å². The van der Waals surface area contributed by atoms with Crippen molar-refractivity contribution < 1.29 is 4.52 Å². The maximum Gasteiger partial charge on any atom is 0.231 e. The molecule has 0 amide bonds. The quantitative estimate of drug-likeness (QED) is 0.763. The summed E-state index contributed by atoms with van der Waals surface area (Å²) >= 11 is 0. The van der Waals surface area contributed by atoms with Gasteiger partial charge in [0.2, 0.25) is 5.89 Å². The number of nitrogens with zero attached hydrogens (tertiary/aromatic N) is 3. The number of hydrogen-bond acceptors (Lipinski definition) is 5. The zero-order valence-corrected chi connectivity index (χ0v) is 7.55. The molecule has 14 heavy (non-hydrogen) atoms. The fourth-order valence-corrected chi connectivity index (χ4v) is 1.12. The number of rotatable bonds is 3. The van der Waals surface area contributed by atoms with Crippen molar-refractivity contribution in [2.45, 2.75) is 13.0 Å². The lowest BCUT2D eigenvalue weighted by Crippen LogP contribution is -1.98. The van der Waals surface area contributed by atoms with Gasteiger partial charge in [-0.2, -0.15) is 4.98 Å². The average Bonchev–Trinajstić information content (AvgIpc) is 2.67. The van der Waals surface area contributed by atoms with Crippen molar-refractivity contribution in [3.05, 3.63) is 41.8 Å². The summed E-state index contributed by atoms with van der Waals surface area (Å²) in [6.07, 6.45) is 4.09. The van der Waals surface area contributed by atoms with Crippen LogP contribution in [0, 0.1) is 0 Å². The molecule has 2 rings (SSSR count). The second kappa shape index (κ2) is 3.97. The van der Waals surface area contributed by atoms with E-state index < -0.39 is 0 Å². The van der Waals surface area contributed by atoms with Crippen molar-refractivity contribution in [3.63, 3.8) is 0 Å². The molecule has 2 aromatic rings. The molecule has 0 aromatic carbocycles. The Morgan fingerprint density at radius 2 is 2.36 bits per heavy atom. The molecule has 0 aliphatic rings. The fourth-order valence-electron chi connectivity index (χ4n) is 1.12. The predicted octanol–water partition coefficient (Wildman–Crippen LogP) is 0.514. The Morgan fingerprint density at radius 3 is 3.00 bits per heavy atom. The Hall–Kier alpha value is -1.75. The fraction of sp³-hybridized carbons (Fsp3) is 0.222. The molecule has 2 N–H and O–H groups in total. The van der Waals surface area contributed by atoms with Gasteiger partial charge in [0.05, 0.1) is 13.0 Å². The van der Waals surface area contributed by atoms with Gasteiger partial charge in [-0.1, -0.05) is 11.2 Å². The van der Waals surface area contributed by atoms with Crippen LogP contribution in [0.15, 0.2) is 29.0 Å². The number of pyridine rings is 1. The summed E-state index contributed by atoms with van der Waals surface area (Å²) in [5, 5.41) is 3.70. The van der Waals surface area contributed by atoms with E-state index in [-0.39, 0.29) is 0 Å². The van der Waals surface area contributed by atoms with Crippen LogP contribution in [-0.2, 0) is 13.0 Å². The Bertz CT molecular complexity index is 398. The van der Waals surface area contributed by atoms with E-state index in [1.165, 1.54) is 0 Å². The van der Waals surface area contributed by atoms with Crippen LogP contribution >= 0.6 is 0 Å². The van der Waals surface area contributed by atoms with Gasteiger partial charge in [0, 0.05) is 12.4 Å². The predicted molar refractivity (Wildman–Crippen MR) is 49.2 cm³/mol. The van der Waals surface area contributed by atoms with Gasteiger partial charge in [-0.25, -0.2) is 0 Å². The second-order valence-corrected chi connectivity index (χ2v) is 2.85. The van der Waals surface area contributed by atoms with E-state index in [9.17, 15) is 0 Å². The van der Waals surface area contributed by atoms with Crippen LogP contribution in [0.3, 0.4) is 0 Å². The minimum absolute atomic E-state index is 0.302. The van der Waals surface area contributed by atoms with Crippen molar-refractivity contribution in [1.29, 1.82) is 0 Å². The van der Waals surface area contributed by atoms with Gasteiger partial charge in [0.1, 0.15) is 0 Å². The third-order valence-corrected chi connectivity index (χ3v) is 1.77. The Morgan fingerprint density at radius 1 is 1.43 bits per heavy atom. The van der Waals surface area contributed by atoms with Crippen molar-refractivity contribution in [3.8, 4) is 0 Å². The largest absolute Gasteiger partial charge is 0.339 e. The summed E-state index contributed by atoms with van der Waals surface area (Å²) in [5.41, 5.74) is 6.40. The van der Waals surface area contributed by atoms with Gasteiger partial charge in [-0.15, -0.1) is 0 Å². The highest BCUT2D eigenvalue weighted by molar-refractivity contribution is 5.12. The third-order valence-electron chi connectivity index (χ3n) is 1.77. The van der Waals surface area contributed by atoms with E-state index in [1.54, 1.807) is 12.4 Å². The van der Waals surface area contributed by atoms with E-state index in [4.69, 9.17) is 10.3 Å². The molecule has 0 aliphatic heterocycles. The molecule has 0 spiro atoms. The SMILES string of the molecule is NCc1noc(Cc2cccnc2)n1. The summed E-state index contributed by atoms with van der Waals surface area (Å²) in [6.45, 7) is 0.302. The van der Waals surface area contributed by atoms with E-state index in [1.807, 2.05) is 12.1 Å². The van der Waals surface area contributed by atoms with Crippen LogP contribution in [0.4, 0.5) is 0 Å². The molecule has 0 saturated heterocycles. The molecule has 0 fully saturated rings. The van der Waals surface area contributed by atoms with Crippen molar-refractivity contribution in [2.24, 2.45) is 5.73 Å². The van der Waals surface area contributed by atoms with Crippen LogP contribution in [0.2, 0.25) is 0 Å². The lowest BCUT2D eigenvalue weighted by atomic mass is 10.2. The first-order chi connectivity index (χ1) is 6.88. The number of hydrogen-bond donors (Lipinski definition) is 1. The maximum absolute atomic E-state index is 5.36. The van der Waals surface area contributed by atoms with Crippen molar-refractivity contribution in [1.82, 2.24) is 15.1 Å². The Labute approximate surface area is 81.0 Å². The molecule has 0 atom stereocenters. The first-order valence-electron chi connectivity index (χ1n) is 4.29. The van der Waals surface area contributed by atoms with Gasteiger partial charge in [0.25, 0.3) is 0 Å². The lowest BCUT2D eigenvalue weighted by molar-refractivity contribution is 0.379. The third kappa shape index (κ3) is 1.94. The Balaban J connectivity index is 2.11. The van der Waals surface area contributed by atoms with Gasteiger partial charge >= 0.3 is 0 Å². The highest BCUT2D eigenvalue weighted by atomic mass is 16.5. The lowest BCUT2D eigenvalue weighted by Gasteiger charge is -1.92. The normalized spacial score (nSPS) is 10.4. The molecule has 0 aliphatic carbocycles. The average molecular weight is 190 g/mol. The van der Waals surface area contributed by atoms with Crippen molar-refractivity contribution in [2.75, 3.05) is 0 Å². The second-order valence-electron chi connectivity index (χ2n) is 2.85. The van der Waals surface area contributed by atoms with Crippen molar-refractivity contribution >= 4 is 0 Å². The monoisotopic (exact) mass is 190 g/mol. The molecule has 0 radical (unpaired) electrons. The van der Waals surface area contributed by atoms with E-state index in [0.717, 1.165) is 5.56 Å². The first-order valence-corrected chi connectivity index (χ1v) is 4.29. The van der Waals surface area contributed by atoms with E-state index in [2.05, 4.69) is 15.1 Å². The minimum Gasteiger partial charge on any atom is -0.339 e. The van der Waals surface area contributed by atoms with E-state index in [0.29, 0.717) is 24.7 Å². The molecule has 0 saturated carbocycles. The maximum atomic E-state index is 5.36. The zero-order valence-electron chi connectivity index (χ0n) is 7.55. The molecule has 2 heterocycles. The highest BCUT2D eigenvalue weighted by Gasteiger charge is 2.05. The zero-order chi connectivity index (χ0) is 9.80. The summed E-state index contributed by atoms with van der Waals surface area (Å²) in [6, 6.07) is 3.83. The van der Waals surface area contributed by atoms with E-state index >= 15 is 0 Å². The number of aromatic nitrogens is 3. The summed E-state index contributed by atoms with van der Waals surface area (Å²) in [7, 11) is 0. The molecular formula is C9H10N4O. The summed E-state index contributed by atoms with van der Waals surface area (Å²) in [5.74, 6) is 1.10. The summed E-state index contributed by atoms with van der Waals surface area (Å²) in [4.78, 5) is 8.09. The minimum atomic E-state index is 0.302. The van der Waals surface area contributed by atoms with Crippen LogP contribution in [0.5, 0.6) is 0 Å². The molecule has 5 heteroatoms.